The summed E-state index contributed by atoms with van der Waals surface area (Å²) in [4.78, 5) is 24.6. The summed E-state index contributed by atoms with van der Waals surface area (Å²) in [6, 6.07) is 0. The van der Waals surface area contributed by atoms with Gasteiger partial charge in [0, 0.05) is 33.2 Å². The Morgan fingerprint density at radius 3 is 2.44 bits per heavy atom. The number of hydrogen-bond donors (Lipinski definition) is 2. The van der Waals surface area contributed by atoms with Crippen LogP contribution in [0.15, 0.2) is 0 Å². The van der Waals surface area contributed by atoms with Gasteiger partial charge in [-0.05, 0) is 18.8 Å². The Morgan fingerprint density at radius 1 is 1.39 bits per heavy atom. The molecule has 1 saturated heterocycles. The highest BCUT2D eigenvalue weighted by molar-refractivity contribution is 5.77. The summed E-state index contributed by atoms with van der Waals surface area (Å²) in [7, 11) is 1.56. The first kappa shape index (κ1) is 14.9. The van der Waals surface area contributed by atoms with E-state index in [9.17, 15) is 9.59 Å². The van der Waals surface area contributed by atoms with Gasteiger partial charge in [-0.2, -0.15) is 0 Å². The van der Waals surface area contributed by atoms with Gasteiger partial charge in [0.1, 0.15) is 0 Å². The van der Waals surface area contributed by atoms with E-state index < -0.39 is 0 Å². The zero-order valence-electron chi connectivity index (χ0n) is 10.9. The van der Waals surface area contributed by atoms with Crippen LogP contribution >= 0.6 is 0 Å². The molecule has 1 aliphatic heterocycles. The summed E-state index contributed by atoms with van der Waals surface area (Å²) in [5.41, 5.74) is 10.7. The van der Waals surface area contributed by atoms with Gasteiger partial charge in [-0.25, -0.2) is 0 Å². The third kappa shape index (κ3) is 4.62. The quantitative estimate of drug-likeness (QED) is 0.668. The summed E-state index contributed by atoms with van der Waals surface area (Å²) in [6.07, 6.45) is 2.23. The lowest BCUT2D eigenvalue weighted by atomic mass is 9.93. The van der Waals surface area contributed by atoms with Crippen molar-refractivity contribution >= 4 is 11.8 Å². The number of nitrogens with zero attached hydrogens (tertiary/aromatic N) is 1. The molecule has 4 N–H and O–H groups in total. The van der Waals surface area contributed by atoms with Crippen molar-refractivity contribution < 1.29 is 14.3 Å². The van der Waals surface area contributed by atoms with Crippen molar-refractivity contribution in [1.82, 2.24) is 4.90 Å². The van der Waals surface area contributed by atoms with Crippen LogP contribution in [-0.2, 0) is 14.3 Å². The number of primary amides is 1. The van der Waals surface area contributed by atoms with E-state index in [0.717, 1.165) is 12.8 Å². The van der Waals surface area contributed by atoms with Gasteiger partial charge in [0.2, 0.25) is 11.8 Å². The van der Waals surface area contributed by atoms with Gasteiger partial charge in [-0.1, -0.05) is 0 Å². The molecule has 0 aromatic carbocycles. The lowest BCUT2D eigenvalue weighted by Crippen LogP contribution is -2.41. The fourth-order valence-electron chi connectivity index (χ4n) is 2.26. The van der Waals surface area contributed by atoms with Crippen LogP contribution < -0.4 is 11.5 Å². The largest absolute Gasteiger partial charge is 0.380 e. The monoisotopic (exact) mass is 257 g/mol. The van der Waals surface area contributed by atoms with Gasteiger partial charge < -0.3 is 21.1 Å². The molecule has 6 heteroatoms. The van der Waals surface area contributed by atoms with Crippen LogP contribution in [0.5, 0.6) is 0 Å². The minimum Gasteiger partial charge on any atom is -0.380 e. The number of likely N-dealkylation sites (tertiary alicyclic amines) is 1. The molecule has 0 radical (unpaired) electrons. The number of nitrogens with two attached hydrogens (primary N) is 2. The molecular weight excluding hydrogens is 234 g/mol. The highest BCUT2D eigenvalue weighted by Gasteiger charge is 2.25. The molecule has 1 unspecified atom stereocenters. The van der Waals surface area contributed by atoms with E-state index in [-0.39, 0.29) is 17.9 Å². The SMILES string of the molecule is COC(CN)CC(=O)N1CCC(CC(N)=O)CC1. The predicted octanol–water partition coefficient (Wildman–Crippen LogP) is -0.536. The fourth-order valence-corrected chi connectivity index (χ4v) is 2.26. The van der Waals surface area contributed by atoms with Crippen molar-refractivity contribution in [3.8, 4) is 0 Å². The summed E-state index contributed by atoms with van der Waals surface area (Å²) < 4.78 is 5.10. The third-order valence-corrected chi connectivity index (χ3v) is 3.46. The smallest absolute Gasteiger partial charge is 0.225 e. The van der Waals surface area contributed by atoms with Gasteiger partial charge in [0.25, 0.3) is 0 Å². The van der Waals surface area contributed by atoms with Crippen LogP contribution in [0.1, 0.15) is 25.7 Å². The van der Waals surface area contributed by atoms with Crippen molar-refractivity contribution in [2.75, 3.05) is 26.7 Å². The Bertz CT molecular complexity index is 284. The van der Waals surface area contributed by atoms with Gasteiger partial charge in [0.15, 0.2) is 0 Å². The molecule has 0 saturated carbocycles. The Balaban J connectivity index is 2.33. The fraction of sp³-hybridized carbons (Fsp3) is 0.833. The number of hydrogen-bond acceptors (Lipinski definition) is 4. The summed E-state index contributed by atoms with van der Waals surface area (Å²) in [6.45, 7) is 1.73. The number of carbonyl (C=O) groups is 2. The zero-order chi connectivity index (χ0) is 13.5. The maximum atomic E-state index is 12.0. The van der Waals surface area contributed by atoms with Gasteiger partial charge in [0.05, 0.1) is 12.5 Å². The summed E-state index contributed by atoms with van der Waals surface area (Å²) >= 11 is 0. The van der Waals surface area contributed by atoms with E-state index in [0.29, 0.717) is 38.4 Å². The molecule has 0 spiro atoms. The highest BCUT2D eigenvalue weighted by atomic mass is 16.5. The van der Waals surface area contributed by atoms with Gasteiger partial charge in [-0.15, -0.1) is 0 Å². The molecule has 18 heavy (non-hydrogen) atoms. The topological polar surface area (TPSA) is 98.7 Å². The number of piperidine rings is 1. The molecule has 0 aliphatic carbocycles. The van der Waals surface area contributed by atoms with E-state index in [4.69, 9.17) is 16.2 Å². The van der Waals surface area contributed by atoms with E-state index in [1.807, 2.05) is 4.90 Å². The molecule has 6 nitrogen and oxygen atoms in total. The van der Waals surface area contributed by atoms with E-state index >= 15 is 0 Å². The Kier molecular flexibility index (Phi) is 6.07. The van der Waals surface area contributed by atoms with E-state index in [1.165, 1.54) is 0 Å². The van der Waals surface area contributed by atoms with Crippen LogP contribution in [-0.4, -0.2) is 49.6 Å². The molecule has 1 rings (SSSR count). The van der Waals surface area contributed by atoms with E-state index in [2.05, 4.69) is 0 Å². The normalized spacial score (nSPS) is 18.7. The highest BCUT2D eigenvalue weighted by Crippen LogP contribution is 2.20. The average molecular weight is 257 g/mol. The number of ether oxygens (including phenoxy) is 1. The first-order chi connectivity index (χ1) is 8.56. The van der Waals surface area contributed by atoms with Gasteiger partial charge >= 0.3 is 0 Å². The second kappa shape index (κ2) is 7.33. The van der Waals surface area contributed by atoms with Crippen LogP contribution in [0.25, 0.3) is 0 Å². The van der Waals surface area contributed by atoms with Crippen molar-refractivity contribution in [3.05, 3.63) is 0 Å². The number of methoxy groups -OCH3 is 1. The van der Waals surface area contributed by atoms with E-state index in [1.54, 1.807) is 7.11 Å². The van der Waals surface area contributed by atoms with Crippen molar-refractivity contribution in [2.24, 2.45) is 17.4 Å². The molecule has 1 atom stereocenters. The molecule has 0 bridgehead atoms. The second-order valence-electron chi connectivity index (χ2n) is 4.79. The Labute approximate surface area is 108 Å². The van der Waals surface area contributed by atoms with Crippen LogP contribution in [0, 0.1) is 5.92 Å². The van der Waals surface area contributed by atoms with Crippen LogP contribution in [0.3, 0.4) is 0 Å². The molecule has 1 heterocycles. The second-order valence-corrected chi connectivity index (χ2v) is 4.79. The first-order valence-corrected chi connectivity index (χ1v) is 6.35. The van der Waals surface area contributed by atoms with Gasteiger partial charge in [-0.3, -0.25) is 9.59 Å². The van der Waals surface area contributed by atoms with Crippen molar-refractivity contribution in [3.63, 3.8) is 0 Å². The van der Waals surface area contributed by atoms with Crippen molar-refractivity contribution in [2.45, 2.75) is 31.8 Å². The zero-order valence-corrected chi connectivity index (χ0v) is 10.9. The van der Waals surface area contributed by atoms with Crippen molar-refractivity contribution in [1.29, 1.82) is 0 Å². The standard InChI is InChI=1S/C12H23N3O3/c1-18-10(8-13)7-12(17)15-4-2-9(3-5-15)6-11(14)16/h9-10H,2-8,13H2,1H3,(H2,14,16). The molecule has 2 amide bonds. The minimum atomic E-state index is -0.262. The lowest BCUT2D eigenvalue weighted by molar-refractivity contribution is -0.135. The Morgan fingerprint density at radius 2 is 2.00 bits per heavy atom. The summed E-state index contributed by atoms with van der Waals surface area (Å²) in [5, 5.41) is 0. The number of rotatable bonds is 6. The molecule has 104 valence electrons. The maximum absolute atomic E-state index is 12.0. The minimum absolute atomic E-state index is 0.0739. The third-order valence-electron chi connectivity index (χ3n) is 3.46. The predicted molar refractivity (Wildman–Crippen MR) is 67.6 cm³/mol. The number of carbonyl (C=O) groups excluding carboxylic acids is 2. The average Bonchev–Trinajstić information content (AvgIpc) is 2.35. The molecular formula is C12H23N3O3. The molecule has 1 fully saturated rings. The maximum Gasteiger partial charge on any atom is 0.225 e. The molecule has 0 aromatic rings. The molecule has 1 aliphatic rings. The van der Waals surface area contributed by atoms with Crippen LogP contribution in [0.2, 0.25) is 0 Å². The lowest BCUT2D eigenvalue weighted by Gasteiger charge is -2.32. The first-order valence-electron chi connectivity index (χ1n) is 6.35. The molecule has 0 aromatic heterocycles. The Hall–Kier alpha value is -1.14. The van der Waals surface area contributed by atoms with Crippen LogP contribution in [0.4, 0.5) is 0 Å². The number of amides is 2. The summed E-state index contributed by atoms with van der Waals surface area (Å²) in [5.74, 6) is 0.131.